The molecule has 3 aromatic rings. The van der Waals surface area contributed by atoms with Crippen molar-refractivity contribution >= 4 is 23.0 Å². The topological polar surface area (TPSA) is 94.7 Å². The molecule has 3 aromatic heterocycles. The van der Waals surface area contributed by atoms with E-state index in [1.807, 2.05) is 18.6 Å². The Hall–Kier alpha value is -2.81. The number of amides is 1. The second-order valence-electron chi connectivity index (χ2n) is 7.14. The summed E-state index contributed by atoms with van der Waals surface area (Å²) in [5.41, 5.74) is 1.83. The molecule has 28 heavy (non-hydrogen) atoms. The molecule has 0 spiro atoms. The van der Waals surface area contributed by atoms with Crippen molar-refractivity contribution < 1.29 is 9.59 Å². The molecule has 1 N–H and O–H groups in total. The van der Waals surface area contributed by atoms with E-state index in [9.17, 15) is 9.59 Å². The minimum Gasteiger partial charge on any atom is -0.353 e. The molecular formula is C19H22N6O2S. The number of aromatic nitrogens is 5. The number of rotatable bonds is 5. The number of hydrogen-bond donors (Lipinski definition) is 1. The van der Waals surface area contributed by atoms with Crippen LogP contribution in [0.1, 0.15) is 40.8 Å². The molecule has 146 valence electrons. The average Bonchev–Trinajstić information content (AvgIpc) is 3.35. The van der Waals surface area contributed by atoms with Crippen LogP contribution in [0.15, 0.2) is 23.8 Å². The van der Waals surface area contributed by atoms with Gasteiger partial charge < -0.3 is 9.88 Å². The fourth-order valence-corrected chi connectivity index (χ4v) is 4.31. The molecule has 1 atom stereocenters. The number of carbonyl (C=O) groups excluding carboxylic acids is 2. The largest absolute Gasteiger partial charge is 0.353 e. The second-order valence-corrected chi connectivity index (χ2v) is 8.05. The highest BCUT2D eigenvalue weighted by Gasteiger charge is 2.22. The number of hydrogen-bond acceptors (Lipinski definition) is 6. The van der Waals surface area contributed by atoms with Gasteiger partial charge in [0.25, 0.3) is 0 Å². The summed E-state index contributed by atoms with van der Waals surface area (Å²) < 4.78 is 3.87. The van der Waals surface area contributed by atoms with Gasteiger partial charge in [-0.05, 0) is 36.8 Å². The molecule has 0 aliphatic carbocycles. The van der Waals surface area contributed by atoms with Crippen molar-refractivity contribution in [2.75, 3.05) is 0 Å². The summed E-state index contributed by atoms with van der Waals surface area (Å²) in [5.74, 6) is 1.79. The summed E-state index contributed by atoms with van der Waals surface area (Å²) in [7, 11) is 1.88. The monoisotopic (exact) mass is 398 g/mol. The molecule has 9 heteroatoms. The summed E-state index contributed by atoms with van der Waals surface area (Å²) in [6.45, 7) is 2.30. The van der Waals surface area contributed by atoms with Gasteiger partial charge in [-0.3, -0.25) is 14.3 Å². The third kappa shape index (κ3) is 3.89. The first-order chi connectivity index (χ1) is 13.5. The summed E-state index contributed by atoms with van der Waals surface area (Å²) >= 11 is 1.39. The molecule has 4 heterocycles. The minimum atomic E-state index is -0.0111. The molecule has 1 amide bonds. The fourth-order valence-electron chi connectivity index (χ4n) is 3.50. The average molecular weight is 398 g/mol. The van der Waals surface area contributed by atoms with E-state index in [0.717, 1.165) is 48.6 Å². The number of carbonyl (C=O) groups is 2. The lowest BCUT2D eigenvalue weighted by Gasteiger charge is -2.16. The van der Waals surface area contributed by atoms with Crippen LogP contribution in [0.2, 0.25) is 0 Å². The third-order valence-corrected chi connectivity index (χ3v) is 6.02. The lowest BCUT2D eigenvalue weighted by molar-refractivity contribution is -0.121. The molecule has 0 saturated carbocycles. The van der Waals surface area contributed by atoms with Gasteiger partial charge in [-0.2, -0.15) is 5.10 Å². The number of fused-ring (bicyclic) bond motifs is 1. The maximum Gasteiger partial charge on any atom is 0.224 e. The van der Waals surface area contributed by atoms with Gasteiger partial charge >= 0.3 is 0 Å². The maximum atomic E-state index is 12.4. The molecule has 0 aromatic carbocycles. The fraction of sp³-hybridized carbons (Fsp3) is 0.421. The number of nitrogens with zero attached hydrogens (tertiary/aromatic N) is 5. The predicted octanol–water partition coefficient (Wildman–Crippen LogP) is 2.01. The molecule has 0 bridgehead atoms. The van der Waals surface area contributed by atoms with E-state index in [1.165, 1.54) is 11.3 Å². The normalized spacial score (nSPS) is 16.4. The van der Waals surface area contributed by atoms with Crippen molar-refractivity contribution in [3.63, 3.8) is 0 Å². The van der Waals surface area contributed by atoms with E-state index in [2.05, 4.69) is 25.2 Å². The Morgan fingerprint density at radius 1 is 1.32 bits per heavy atom. The molecule has 1 aliphatic rings. The van der Waals surface area contributed by atoms with Crippen LogP contribution in [0, 0.1) is 0 Å². The predicted molar refractivity (Wildman–Crippen MR) is 105 cm³/mol. The van der Waals surface area contributed by atoms with Gasteiger partial charge in [0.1, 0.15) is 5.82 Å². The van der Waals surface area contributed by atoms with Crippen LogP contribution in [0.4, 0.5) is 0 Å². The highest BCUT2D eigenvalue weighted by molar-refractivity contribution is 7.12. The smallest absolute Gasteiger partial charge is 0.224 e. The van der Waals surface area contributed by atoms with Crippen molar-refractivity contribution in [3.8, 4) is 11.4 Å². The van der Waals surface area contributed by atoms with Crippen molar-refractivity contribution in [2.45, 2.75) is 45.2 Å². The van der Waals surface area contributed by atoms with E-state index >= 15 is 0 Å². The minimum absolute atomic E-state index is 0.0111. The highest BCUT2D eigenvalue weighted by atomic mass is 32.1. The number of thiophene rings is 1. The zero-order chi connectivity index (χ0) is 19.7. The molecule has 0 saturated heterocycles. The standard InChI is InChI=1S/C19H22N6O2S/c1-12(26)16-7-13(11-28-16)8-18(27)21-15-3-4-17-22-23-19(25(17)6-5-15)14-9-20-24(2)10-14/h7,9-11,15H,3-6,8H2,1-2H3,(H,21,27). The Morgan fingerprint density at radius 3 is 2.89 bits per heavy atom. The van der Waals surface area contributed by atoms with Gasteiger partial charge in [-0.15, -0.1) is 21.5 Å². The van der Waals surface area contributed by atoms with Crippen LogP contribution in [0.5, 0.6) is 0 Å². The molecule has 4 rings (SSSR count). The van der Waals surface area contributed by atoms with Crippen LogP contribution in [0.25, 0.3) is 11.4 Å². The van der Waals surface area contributed by atoms with E-state index < -0.39 is 0 Å². The number of aryl methyl sites for hydroxylation is 2. The van der Waals surface area contributed by atoms with E-state index in [0.29, 0.717) is 11.3 Å². The van der Waals surface area contributed by atoms with Gasteiger partial charge in [0.05, 0.1) is 23.1 Å². The Morgan fingerprint density at radius 2 is 2.18 bits per heavy atom. The lowest BCUT2D eigenvalue weighted by Crippen LogP contribution is -2.36. The van der Waals surface area contributed by atoms with E-state index in [1.54, 1.807) is 23.9 Å². The number of ketones is 1. The van der Waals surface area contributed by atoms with Crippen molar-refractivity contribution in [3.05, 3.63) is 40.1 Å². The molecule has 1 aliphatic heterocycles. The number of Topliss-reactive ketones (excluding diaryl/α,β-unsaturated/α-hetero) is 1. The second kappa shape index (κ2) is 7.67. The van der Waals surface area contributed by atoms with Gasteiger partial charge in [0, 0.05) is 32.3 Å². The van der Waals surface area contributed by atoms with Crippen molar-refractivity contribution in [1.29, 1.82) is 0 Å². The number of nitrogens with one attached hydrogen (secondary N) is 1. The van der Waals surface area contributed by atoms with Gasteiger partial charge in [0.15, 0.2) is 11.6 Å². The zero-order valence-corrected chi connectivity index (χ0v) is 16.7. The molecule has 1 unspecified atom stereocenters. The molecule has 8 nitrogen and oxygen atoms in total. The Bertz CT molecular complexity index is 1020. The summed E-state index contributed by atoms with van der Waals surface area (Å²) in [4.78, 5) is 24.5. The molecule has 0 fully saturated rings. The van der Waals surface area contributed by atoms with Crippen molar-refractivity contribution in [1.82, 2.24) is 29.9 Å². The first-order valence-electron chi connectivity index (χ1n) is 9.28. The first-order valence-corrected chi connectivity index (χ1v) is 10.2. The Labute approximate surface area is 166 Å². The Balaban J connectivity index is 1.38. The van der Waals surface area contributed by atoms with E-state index in [4.69, 9.17) is 0 Å². The summed E-state index contributed by atoms with van der Waals surface area (Å²) in [6, 6.07) is 1.91. The lowest BCUT2D eigenvalue weighted by atomic mass is 10.1. The molecule has 0 radical (unpaired) electrons. The van der Waals surface area contributed by atoms with Crippen LogP contribution in [0.3, 0.4) is 0 Å². The third-order valence-electron chi connectivity index (χ3n) is 4.94. The summed E-state index contributed by atoms with van der Waals surface area (Å²) in [6.07, 6.45) is 6.44. The van der Waals surface area contributed by atoms with Crippen LogP contribution in [-0.2, 0) is 31.2 Å². The van der Waals surface area contributed by atoms with Gasteiger partial charge in [0.2, 0.25) is 5.91 Å². The summed E-state index contributed by atoms with van der Waals surface area (Å²) in [5, 5.41) is 17.9. The van der Waals surface area contributed by atoms with Gasteiger partial charge in [-0.25, -0.2) is 0 Å². The van der Waals surface area contributed by atoms with Crippen LogP contribution in [-0.4, -0.2) is 42.3 Å². The van der Waals surface area contributed by atoms with E-state index in [-0.39, 0.29) is 17.7 Å². The molecular weight excluding hydrogens is 376 g/mol. The zero-order valence-electron chi connectivity index (χ0n) is 15.9. The van der Waals surface area contributed by atoms with Gasteiger partial charge in [-0.1, -0.05) is 0 Å². The van der Waals surface area contributed by atoms with Crippen LogP contribution < -0.4 is 5.32 Å². The SMILES string of the molecule is CC(=O)c1cc(CC(=O)NC2CCc3nnc(-c4cnn(C)c4)n3CC2)cs1. The Kier molecular flexibility index (Phi) is 5.08. The highest BCUT2D eigenvalue weighted by Crippen LogP contribution is 2.22. The maximum absolute atomic E-state index is 12.4. The van der Waals surface area contributed by atoms with Crippen LogP contribution >= 0.6 is 11.3 Å². The quantitative estimate of drug-likeness (QED) is 0.664. The first kappa shape index (κ1) is 18.5. The van der Waals surface area contributed by atoms with Crippen molar-refractivity contribution in [2.24, 2.45) is 7.05 Å².